The Morgan fingerprint density at radius 2 is 1.97 bits per heavy atom. The van der Waals surface area contributed by atoms with E-state index in [4.69, 9.17) is 10.5 Å². The monoisotopic (exact) mass is 513 g/mol. The molecule has 1 aliphatic carbocycles. The van der Waals surface area contributed by atoms with Gasteiger partial charge in [-0.1, -0.05) is 19.1 Å². The lowest BCUT2D eigenvalue weighted by Crippen LogP contribution is -2.63. The molecule has 2 fully saturated rings. The third-order valence-corrected chi connectivity index (χ3v) is 7.79. The van der Waals surface area contributed by atoms with Crippen molar-refractivity contribution >= 4 is 5.82 Å². The Labute approximate surface area is 213 Å². The van der Waals surface area contributed by atoms with Crippen molar-refractivity contribution in [3.8, 4) is 22.9 Å². The molecule has 0 amide bonds. The molecule has 0 radical (unpaired) electrons. The highest BCUT2D eigenvalue weighted by molar-refractivity contribution is 5.63. The normalized spacial score (nSPS) is 21.9. The molecule has 2 aliphatic heterocycles. The maximum absolute atomic E-state index is 12.6. The van der Waals surface area contributed by atoms with Crippen molar-refractivity contribution in [1.82, 2.24) is 29.5 Å². The summed E-state index contributed by atoms with van der Waals surface area (Å²) in [5, 5.41) is 4.41. The Morgan fingerprint density at radius 3 is 2.73 bits per heavy atom. The van der Waals surface area contributed by atoms with Crippen LogP contribution >= 0.6 is 0 Å². The molecule has 196 valence electrons. The zero-order valence-corrected chi connectivity index (χ0v) is 20.9. The highest BCUT2D eigenvalue weighted by atomic mass is 19.4. The summed E-state index contributed by atoms with van der Waals surface area (Å²) >= 11 is 0. The molecule has 1 spiro atoms. The number of fused-ring (bicyclic) bond motifs is 1. The SMILES string of the molecule is CC1CN(C)Cc2cc(-c3cnc(N)c(Oc4cnn(C5CC6(C5)CN(CC(F)(F)F)C6)c4)n3)ccc21. The molecule has 0 bridgehead atoms. The van der Waals surface area contributed by atoms with E-state index in [1.54, 1.807) is 18.6 Å². The van der Waals surface area contributed by atoms with E-state index < -0.39 is 12.7 Å². The van der Waals surface area contributed by atoms with Crippen molar-refractivity contribution in [2.45, 2.75) is 44.4 Å². The van der Waals surface area contributed by atoms with Crippen LogP contribution in [0.1, 0.15) is 42.9 Å². The van der Waals surface area contributed by atoms with E-state index in [9.17, 15) is 13.2 Å². The number of likely N-dealkylation sites (N-methyl/N-ethyl adjacent to an activating group) is 1. The van der Waals surface area contributed by atoms with Crippen LogP contribution in [0.15, 0.2) is 36.8 Å². The zero-order valence-electron chi connectivity index (χ0n) is 20.9. The zero-order chi connectivity index (χ0) is 25.9. The van der Waals surface area contributed by atoms with Gasteiger partial charge in [-0.2, -0.15) is 18.3 Å². The first kappa shape index (κ1) is 24.2. The van der Waals surface area contributed by atoms with Crippen LogP contribution in [0.3, 0.4) is 0 Å². The van der Waals surface area contributed by atoms with Crippen LogP contribution in [0.4, 0.5) is 19.0 Å². The van der Waals surface area contributed by atoms with Gasteiger partial charge in [0.15, 0.2) is 11.6 Å². The Balaban J connectivity index is 1.12. The largest absolute Gasteiger partial charge is 0.433 e. The first-order chi connectivity index (χ1) is 17.6. The maximum atomic E-state index is 12.6. The van der Waals surface area contributed by atoms with Gasteiger partial charge in [0.1, 0.15) is 0 Å². The number of benzene rings is 1. The van der Waals surface area contributed by atoms with Gasteiger partial charge in [0.05, 0.1) is 36.9 Å². The number of likely N-dealkylation sites (tertiary alicyclic amines) is 1. The van der Waals surface area contributed by atoms with E-state index in [0.717, 1.165) is 31.5 Å². The summed E-state index contributed by atoms with van der Waals surface area (Å²) in [7, 11) is 2.12. The van der Waals surface area contributed by atoms with Crippen molar-refractivity contribution in [3.05, 3.63) is 47.9 Å². The molecular formula is C26H30F3N7O. The molecule has 3 aliphatic rings. The van der Waals surface area contributed by atoms with E-state index in [-0.39, 0.29) is 23.2 Å². The van der Waals surface area contributed by atoms with Crippen molar-refractivity contribution in [2.24, 2.45) is 5.41 Å². The second kappa shape index (κ2) is 8.70. The molecule has 1 saturated carbocycles. The lowest BCUT2D eigenvalue weighted by Gasteiger charge is -2.59. The second-order valence-corrected chi connectivity index (χ2v) is 11.0. The standard InChI is InChI=1S/C26H30F3N7O/c1-16-10-34(2)11-18-5-17(3-4-21(16)18)22-9-31-23(30)24(33-22)37-20-8-32-36(12-20)19-6-25(7-19)13-35(14-25)15-26(27,28)29/h3-5,8-9,12,16,19H,6-7,10-11,13-15H2,1-2H3,(H2,30,31). The van der Waals surface area contributed by atoms with Gasteiger partial charge in [-0.15, -0.1) is 0 Å². The first-order valence-electron chi connectivity index (χ1n) is 12.5. The fraction of sp³-hybridized carbons (Fsp3) is 0.500. The van der Waals surface area contributed by atoms with Crippen LogP contribution in [0.5, 0.6) is 11.6 Å². The molecule has 1 aromatic carbocycles. The summed E-state index contributed by atoms with van der Waals surface area (Å²) in [6.45, 7) is 4.32. The minimum absolute atomic E-state index is 0.0192. The number of nitrogens with zero attached hydrogens (tertiary/aromatic N) is 6. The van der Waals surface area contributed by atoms with Gasteiger partial charge in [-0.3, -0.25) is 9.58 Å². The molecule has 3 aromatic rings. The molecule has 1 unspecified atom stereocenters. The quantitative estimate of drug-likeness (QED) is 0.539. The third kappa shape index (κ3) is 4.77. The van der Waals surface area contributed by atoms with Gasteiger partial charge in [0, 0.05) is 31.7 Å². The molecule has 4 heterocycles. The van der Waals surface area contributed by atoms with E-state index in [1.165, 1.54) is 16.0 Å². The van der Waals surface area contributed by atoms with Gasteiger partial charge in [0.25, 0.3) is 5.88 Å². The fourth-order valence-electron chi connectivity index (χ4n) is 6.24. The topological polar surface area (TPSA) is 85.3 Å². The molecular weight excluding hydrogens is 483 g/mol. The van der Waals surface area contributed by atoms with E-state index in [0.29, 0.717) is 30.5 Å². The number of halogens is 3. The number of anilines is 1. The lowest BCUT2D eigenvalue weighted by atomic mass is 9.60. The summed E-state index contributed by atoms with van der Waals surface area (Å²) in [6, 6.07) is 6.54. The number of hydrogen-bond donors (Lipinski definition) is 1. The van der Waals surface area contributed by atoms with Crippen molar-refractivity contribution < 1.29 is 17.9 Å². The number of nitrogen functional groups attached to an aromatic ring is 1. The summed E-state index contributed by atoms with van der Waals surface area (Å²) in [5.74, 6) is 1.37. The molecule has 2 N–H and O–H groups in total. The maximum Gasteiger partial charge on any atom is 0.401 e. The molecule has 1 atom stereocenters. The Morgan fingerprint density at radius 1 is 1.19 bits per heavy atom. The predicted molar refractivity (Wildman–Crippen MR) is 132 cm³/mol. The number of nitrogens with two attached hydrogens (primary N) is 1. The van der Waals surface area contributed by atoms with E-state index in [2.05, 4.69) is 52.1 Å². The van der Waals surface area contributed by atoms with Crippen LogP contribution in [0, 0.1) is 5.41 Å². The molecule has 11 heteroatoms. The highest BCUT2D eigenvalue weighted by Gasteiger charge is 2.54. The van der Waals surface area contributed by atoms with E-state index in [1.807, 2.05) is 4.68 Å². The Kier molecular flexibility index (Phi) is 5.68. The summed E-state index contributed by atoms with van der Waals surface area (Å²) in [5.41, 5.74) is 10.3. The van der Waals surface area contributed by atoms with Crippen LogP contribution in [0.2, 0.25) is 0 Å². The average molecular weight is 514 g/mol. The van der Waals surface area contributed by atoms with Crippen LogP contribution in [-0.2, 0) is 6.54 Å². The average Bonchev–Trinajstić information content (AvgIpc) is 3.22. The van der Waals surface area contributed by atoms with Gasteiger partial charge in [-0.05, 0) is 48.4 Å². The van der Waals surface area contributed by atoms with Crippen LogP contribution < -0.4 is 10.5 Å². The minimum atomic E-state index is -4.14. The third-order valence-electron chi connectivity index (χ3n) is 7.79. The molecule has 6 rings (SSSR count). The number of hydrogen-bond acceptors (Lipinski definition) is 7. The number of ether oxygens (including phenoxy) is 1. The Bertz CT molecular complexity index is 1310. The molecule has 8 nitrogen and oxygen atoms in total. The molecule has 2 aromatic heterocycles. The van der Waals surface area contributed by atoms with Crippen LogP contribution in [0.25, 0.3) is 11.3 Å². The molecule has 1 saturated heterocycles. The van der Waals surface area contributed by atoms with Crippen LogP contribution in [-0.4, -0.2) is 69.0 Å². The van der Waals surface area contributed by atoms with Crippen molar-refractivity contribution in [2.75, 3.05) is 39.0 Å². The van der Waals surface area contributed by atoms with Crippen molar-refractivity contribution in [3.63, 3.8) is 0 Å². The summed E-state index contributed by atoms with van der Waals surface area (Å²) in [6.07, 6.45) is 2.52. The number of rotatable bonds is 5. The second-order valence-electron chi connectivity index (χ2n) is 11.0. The summed E-state index contributed by atoms with van der Waals surface area (Å²) < 4.78 is 45.5. The lowest BCUT2D eigenvalue weighted by molar-refractivity contribution is -0.185. The highest BCUT2D eigenvalue weighted by Crippen LogP contribution is 2.54. The first-order valence-corrected chi connectivity index (χ1v) is 12.5. The van der Waals surface area contributed by atoms with Gasteiger partial charge < -0.3 is 15.4 Å². The number of aromatic nitrogens is 4. The van der Waals surface area contributed by atoms with Gasteiger partial charge in [0.2, 0.25) is 0 Å². The minimum Gasteiger partial charge on any atom is -0.433 e. The van der Waals surface area contributed by atoms with Crippen molar-refractivity contribution in [1.29, 1.82) is 0 Å². The smallest absolute Gasteiger partial charge is 0.401 e. The number of alkyl halides is 3. The fourth-order valence-corrected chi connectivity index (χ4v) is 6.24. The van der Waals surface area contributed by atoms with Gasteiger partial charge in [-0.25, -0.2) is 9.97 Å². The predicted octanol–water partition coefficient (Wildman–Crippen LogP) is 4.46. The molecule has 37 heavy (non-hydrogen) atoms. The van der Waals surface area contributed by atoms with E-state index >= 15 is 0 Å². The summed E-state index contributed by atoms with van der Waals surface area (Å²) in [4.78, 5) is 12.7. The van der Waals surface area contributed by atoms with Gasteiger partial charge >= 0.3 is 6.18 Å². The Hall–Kier alpha value is -3.18.